The molecular weight excluding hydrogens is 283 g/mol. The second-order valence-corrected chi connectivity index (χ2v) is 4.65. The Hall–Kier alpha value is -2.75. The van der Waals surface area contributed by atoms with E-state index in [1.807, 2.05) is 36.4 Å². The monoisotopic (exact) mass is 298 g/mol. The molecule has 0 saturated heterocycles. The number of rotatable bonds is 5. The molecule has 0 bridgehead atoms. The van der Waals surface area contributed by atoms with Crippen LogP contribution in [0, 0.1) is 5.82 Å². The summed E-state index contributed by atoms with van der Waals surface area (Å²) in [4.78, 5) is 23.3. The fraction of sp³-hybridized carbons (Fsp3) is 0.111. The van der Waals surface area contributed by atoms with Crippen molar-refractivity contribution < 1.29 is 18.7 Å². The van der Waals surface area contributed by atoms with E-state index >= 15 is 0 Å². The van der Waals surface area contributed by atoms with Crippen LogP contribution >= 0.6 is 0 Å². The second-order valence-electron chi connectivity index (χ2n) is 4.65. The summed E-state index contributed by atoms with van der Waals surface area (Å²) in [5.74, 6) is -1.64. The molecule has 0 radical (unpaired) electrons. The number of halogens is 1. The molecule has 0 spiro atoms. The highest BCUT2D eigenvalue weighted by Crippen LogP contribution is 2.17. The van der Waals surface area contributed by atoms with E-state index in [-0.39, 0.29) is 5.56 Å². The van der Waals surface area contributed by atoms with Gasteiger partial charge in [0.2, 0.25) is 0 Å². The van der Waals surface area contributed by atoms with E-state index in [1.165, 1.54) is 19.2 Å². The second kappa shape index (κ2) is 7.31. The number of esters is 1. The van der Waals surface area contributed by atoms with Crippen molar-refractivity contribution in [3.63, 3.8) is 0 Å². The van der Waals surface area contributed by atoms with Crippen LogP contribution in [-0.2, 0) is 9.53 Å². The molecule has 0 saturated carbocycles. The molecule has 3 nitrogen and oxygen atoms in total. The molecule has 0 fully saturated rings. The predicted octanol–water partition coefficient (Wildman–Crippen LogP) is 3.74. The Morgan fingerprint density at radius 2 is 1.82 bits per heavy atom. The van der Waals surface area contributed by atoms with Gasteiger partial charge in [-0.1, -0.05) is 48.6 Å². The zero-order valence-electron chi connectivity index (χ0n) is 12.1. The average Bonchev–Trinajstić information content (AvgIpc) is 2.54. The standard InChI is InChI=1S/C18H15FO3/c1-22-18(21)12-17(20)16-11-15(19)10-9-14(16)8-7-13-5-3-2-4-6-13/h2-11H,12H2,1H3/b8-7+. The molecule has 0 aliphatic heterocycles. The maximum absolute atomic E-state index is 13.4. The highest BCUT2D eigenvalue weighted by atomic mass is 19.1. The maximum atomic E-state index is 13.4. The highest BCUT2D eigenvalue weighted by Gasteiger charge is 2.15. The quantitative estimate of drug-likeness (QED) is 0.365. The number of hydrogen-bond acceptors (Lipinski definition) is 3. The zero-order valence-corrected chi connectivity index (χ0v) is 12.1. The number of methoxy groups -OCH3 is 1. The summed E-state index contributed by atoms with van der Waals surface area (Å²) in [6, 6.07) is 13.4. The van der Waals surface area contributed by atoms with Gasteiger partial charge in [0.25, 0.3) is 0 Å². The van der Waals surface area contributed by atoms with Gasteiger partial charge in [0.05, 0.1) is 7.11 Å². The molecule has 4 heteroatoms. The van der Waals surface area contributed by atoms with Crippen molar-refractivity contribution in [1.82, 2.24) is 0 Å². The molecular formula is C18H15FO3. The van der Waals surface area contributed by atoms with E-state index in [9.17, 15) is 14.0 Å². The molecule has 0 aliphatic rings. The van der Waals surface area contributed by atoms with Crippen LogP contribution in [0.5, 0.6) is 0 Å². The summed E-state index contributed by atoms with van der Waals surface area (Å²) in [6.07, 6.45) is 3.13. The summed E-state index contributed by atoms with van der Waals surface area (Å²) >= 11 is 0. The van der Waals surface area contributed by atoms with Crippen LogP contribution in [0.15, 0.2) is 48.5 Å². The van der Waals surface area contributed by atoms with Gasteiger partial charge in [-0.05, 0) is 23.3 Å². The minimum atomic E-state index is -0.646. The van der Waals surface area contributed by atoms with Gasteiger partial charge >= 0.3 is 5.97 Å². The highest BCUT2D eigenvalue weighted by molar-refractivity contribution is 6.08. The van der Waals surface area contributed by atoms with Crippen LogP contribution < -0.4 is 0 Å². The van der Waals surface area contributed by atoms with E-state index in [4.69, 9.17) is 0 Å². The first-order valence-electron chi connectivity index (χ1n) is 6.73. The van der Waals surface area contributed by atoms with Crippen LogP contribution in [0.2, 0.25) is 0 Å². The molecule has 112 valence electrons. The Kier molecular flexibility index (Phi) is 5.20. The molecule has 0 aromatic heterocycles. The number of hydrogen-bond donors (Lipinski definition) is 0. The Morgan fingerprint density at radius 3 is 2.50 bits per heavy atom. The lowest BCUT2D eigenvalue weighted by molar-refractivity contribution is -0.139. The predicted molar refractivity (Wildman–Crippen MR) is 82.7 cm³/mol. The van der Waals surface area contributed by atoms with E-state index in [2.05, 4.69) is 4.74 Å². The van der Waals surface area contributed by atoms with Gasteiger partial charge in [0, 0.05) is 5.56 Å². The van der Waals surface area contributed by atoms with Gasteiger partial charge < -0.3 is 4.74 Å². The summed E-state index contributed by atoms with van der Waals surface area (Å²) in [6.45, 7) is 0. The number of benzene rings is 2. The first kappa shape index (κ1) is 15.6. The molecule has 2 aromatic rings. The molecule has 0 aliphatic carbocycles. The molecule has 0 amide bonds. The first-order valence-corrected chi connectivity index (χ1v) is 6.73. The van der Waals surface area contributed by atoms with E-state index in [0.29, 0.717) is 5.56 Å². The van der Waals surface area contributed by atoms with E-state index < -0.39 is 24.0 Å². The molecule has 0 heterocycles. The van der Waals surface area contributed by atoms with Crippen molar-refractivity contribution in [2.45, 2.75) is 6.42 Å². The summed E-state index contributed by atoms with van der Waals surface area (Å²) < 4.78 is 17.9. The van der Waals surface area contributed by atoms with Crippen LogP contribution in [0.1, 0.15) is 27.9 Å². The minimum absolute atomic E-state index is 0.164. The SMILES string of the molecule is COC(=O)CC(=O)c1cc(F)ccc1/C=C/c1ccccc1. The lowest BCUT2D eigenvalue weighted by atomic mass is 10.0. The van der Waals surface area contributed by atoms with Crippen molar-refractivity contribution in [3.8, 4) is 0 Å². The Bertz CT molecular complexity index is 706. The van der Waals surface area contributed by atoms with Crippen molar-refractivity contribution in [1.29, 1.82) is 0 Å². The minimum Gasteiger partial charge on any atom is -0.469 e. The summed E-state index contributed by atoms with van der Waals surface area (Å²) in [7, 11) is 1.21. The zero-order chi connectivity index (χ0) is 15.9. The van der Waals surface area contributed by atoms with Crippen molar-refractivity contribution in [3.05, 3.63) is 71.0 Å². The largest absolute Gasteiger partial charge is 0.469 e. The van der Waals surface area contributed by atoms with Crippen molar-refractivity contribution >= 4 is 23.9 Å². The van der Waals surface area contributed by atoms with Gasteiger partial charge in [0.1, 0.15) is 12.2 Å². The number of carbonyl (C=O) groups is 2. The lowest BCUT2D eigenvalue weighted by Gasteiger charge is -2.05. The van der Waals surface area contributed by atoms with Gasteiger partial charge in [-0.15, -0.1) is 0 Å². The normalized spacial score (nSPS) is 10.6. The molecule has 2 rings (SSSR count). The van der Waals surface area contributed by atoms with Crippen LogP contribution in [0.3, 0.4) is 0 Å². The molecule has 22 heavy (non-hydrogen) atoms. The van der Waals surface area contributed by atoms with Crippen LogP contribution in [0.25, 0.3) is 12.2 Å². The Morgan fingerprint density at radius 1 is 1.09 bits per heavy atom. The molecule has 2 aromatic carbocycles. The van der Waals surface area contributed by atoms with Gasteiger partial charge in [-0.25, -0.2) is 4.39 Å². The van der Waals surface area contributed by atoms with Crippen LogP contribution in [0.4, 0.5) is 4.39 Å². The summed E-state index contributed by atoms with van der Waals surface area (Å²) in [5.41, 5.74) is 1.68. The number of ether oxygens (including phenoxy) is 1. The fourth-order valence-electron chi connectivity index (χ4n) is 1.96. The maximum Gasteiger partial charge on any atom is 0.313 e. The van der Waals surface area contributed by atoms with E-state index in [0.717, 1.165) is 11.6 Å². The van der Waals surface area contributed by atoms with Gasteiger partial charge in [-0.3, -0.25) is 9.59 Å². The molecule has 0 N–H and O–H groups in total. The van der Waals surface area contributed by atoms with Gasteiger partial charge in [-0.2, -0.15) is 0 Å². The van der Waals surface area contributed by atoms with Crippen molar-refractivity contribution in [2.24, 2.45) is 0 Å². The van der Waals surface area contributed by atoms with Crippen LogP contribution in [-0.4, -0.2) is 18.9 Å². The summed E-state index contributed by atoms with van der Waals surface area (Å²) in [5, 5.41) is 0. The third-order valence-corrected chi connectivity index (χ3v) is 3.10. The topological polar surface area (TPSA) is 43.4 Å². The Labute approximate surface area is 128 Å². The molecule has 0 atom stereocenters. The first-order chi connectivity index (χ1) is 10.6. The fourth-order valence-corrected chi connectivity index (χ4v) is 1.96. The number of ketones is 1. The van der Waals surface area contributed by atoms with E-state index in [1.54, 1.807) is 6.08 Å². The Balaban J connectivity index is 2.30. The van der Waals surface area contributed by atoms with Gasteiger partial charge in [0.15, 0.2) is 5.78 Å². The third-order valence-electron chi connectivity index (χ3n) is 3.10. The lowest BCUT2D eigenvalue weighted by Crippen LogP contribution is -2.11. The molecule has 0 unspecified atom stereocenters. The third kappa shape index (κ3) is 4.12. The number of Topliss-reactive ketones (excluding diaryl/α,β-unsaturated/α-hetero) is 1. The average molecular weight is 298 g/mol. The van der Waals surface area contributed by atoms with Crippen molar-refractivity contribution in [2.75, 3.05) is 7.11 Å². The number of carbonyl (C=O) groups excluding carboxylic acids is 2. The smallest absolute Gasteiger partial charge is 0.313 e.